The van der Waals surface area contributed by atoms with E-state index in [1.54, 1.807) is 0 Å². The van der Waals surface area contributed by atoms with Gasteiger partial charge in [0.15, 0.2) is 0 Å². The number of carbonyl (C=O) groups is 1. The average Bonchev–Trinajstić information content (AvgIpc) is 2.80. The maximum absolute atomic E-state index is 11.7. The maximum atomic E-state index is 11.7. The highest BCUT2D eigenvalue weighted by Crippen LogP contribution is 2.38. The topological polar surface area (TPSA) is 83.5 Å². The van der Waals surface area contributed by atoms with Crippen LogP contribution < -0.4 is 4.72 Å². The second-order valence-electron chi connectivity index (χ2n) is 4.55. The molecule has 2 fully saturated rings. The molecule has 0 aromatic rings. The van der Waals surface area contributed by atoms with Crippen molar-refractivity contribution in [2.24, 2.45) is 0 Å². The van der Waals surface area contributed by atoms with Crippen LogP contribution in [-0.4, -0.2) is 30.3 Å². The van der Waals surface area contributed by atoms with E-state index in [2.05, 4.69) is 4.72 Å². The fourth-order valence-corrected chi connectivity index (χ4v) is 3.77. The highest BCUT2D eigenvalue weighted by atomic mass is 32.2. The average molecular weight is 233 g/mol. The van der Waals surface area contributed by atoms with Gasteiger partial charge >= 0.3 is 5.97 Å². The van der Waals surface area contributed by atoms with E-state index in [1.165, 1.54) is 0 Å². The first-order valence-electron chi connectivity index (χ1n) is 5.18. The van der Waals surface area contributed by atoms with Gasteiger partial charge in [-0.1, -0.05) is 0 Å². The number of carboxylic acid groups (broad SMARTS) is 1. The second-order valence-corrected chi connectivity index (χ2v) is 6.51. The zero-order chi connectivity index (χ0) is 11.1. The fraction of sp³-hybridized carbons (Fsp3) is 0.889. The van der Waals surface area contributed by atoms with Gasteiger partial charge in [0, 0.05) is 5.54 Å². The third kappa shape index (κ3) is 2.31. The lowest BCUT2D eigenvalue weighted by atomic mass is 9.75. The molecule has 0 amide bonds. The van der Waals surface area contributed by atoms with E-state index in [0.717, 1.165) is 6.42 Å². The summed E-state index contributed by atoms with van der Waals surface area (Å²) in [5.41, 5.74) is -0.687. The number of hydrogen-bond acceptors (Lipinski definition) is 3. The molecular weight excluding hydrogens is 218 g/mol. The van der Waals surface area contributed by atoms with E-state index in [4.69, 9.17) is 5.11 Å². The summed E-state index contributed by atoms with van der Waals surface area (Å²) in [7, 11) is -3.26. The molecule has 15 heavy (non-hydrogen) atoms. The lowest BCUT2D eigenvalue weighted by Gasteiger charge is -2.41. The number of carboxylic acids is 1. The first-order chi connectivity index (χ1) is 6.94. The summed E-state index contributed by atoms with van der Waals surface area (Å²) in [5.74, 6) is -0.937. The Morgan fingerprint density at radius 2 is 2.00 bits per heavy atom. The standard InChI is InChI=1S/C9H15NO4S/c11-8(12)6-9(4-1-5-9)10-15(13,14)7-2-3-7/h7,10H,1-6H2,(H,11,12). The van der Waals surface area contributed by atoms with Crippen LogP contribution in [0.1, 0.15) is 38.5 Å². The summed E-state index contributed by atoms with van der Waals surface area (Å²) in [6.45, 7) is 0. The zero-order valence-corrected chi connectivity index (χ0v) is 9.22. The van der Waals surface area contributed by atoms with Gasteiger partial charge in [-0.3, -0.25) is 4.79 Å². The molecule has 2 N–H and O–H groups in total. The predicted molar refractivity (Wildman–Crippen MR) is 53.9 cm³/mol. The Labute approximate surface area is 88.9 Å². The molecule has 0 bridgehead atoms. The molecule has 0 saturated heterocycles. The van der Waals surface area contributed by atoms with E-state index in [0.29, 0.717) is 25.7 Å². The van der Waals surface area contributed by atoms with Crippen LogP contribution in [0.15, 0.2) is 0 Å². The van der Waals surface area contributed by atoms with E-state index in [9.17, 15) is 13.2 Å². The molecular formula is C9H15NO4S. The summed E-state index contributed by atoms with van der Waals surface area (Å²) in [5, 5.41) is 8.46. The van der Waals surface area contributed by atoms with Crippen molar-refractivity contribution in [3.8, 4) is 0 Å². The molecule has 5 nitrogen and oxygen atoms in total. The Hall–Kier alpha value is -0.620. The summed E-state index contributed by atoms with van der Waals surface area (Å²) >= 11 is 0. The van der Waals surface area contributed by atoms with Crippen molar-refractivity contribution in [1.29, 1.82) is 0 Å². The molecule has 0 aliphatic heterocycles. The molecule has 0 heterocycles. The Morgan fingerprint density at radius 3 is 2.33 bits per heavy atom. The van der Waals surface area contributed by atoms with Crippen LogP contribution in [0.3, 0.4) is 0 Å². The molecule has 0 aromatic heterocycles. The minimum Gasteiger partial charge on any atom is -0.481 e. The van der Waals surface area contributed by atoms with Gasteiger partial charge in [-0.05, 0) is 32.1 Å². The first-order valence-corrected chi connectivity index (χ1v) is 6.73. The SMILES string of the molecule is O=C(O)CC1(NS(=O)(=O)C2CC2)CCC1. The van der Waals surface area contributed by atoms with Crippen LogP contribution in [0.5, 0.6) is 0 Å². The smallest absolute Gasteiger partial charge is 0.305 e. The van der Waals surface area contributed by atoms with Gasteiger partial charge < -0.3 is 5.11 Å². The van der Waals surface area contributed by atoms with Crippen molar-refractivity contribution in [3.63, 3.8) is 0 Å². The van der Waals surface area contributed by atoms with Crippen LogP contribution in [0, 0.1) is 0 Å². The van der Waals surface area contributed by atoms with Crippen LogP contribution in [0.25, 0.3) is 0 Å². The molecule has 86 valence electrons. The fourth-order valence-electron chi connectivity index (χ4n) is 1.97. The highest BCUT2D eigenvalue weighted by Gasteiger charge is 2.46. The van der Waals surface area contributed by atoms with E-state index >= 15 is 0 Å². The van der Waals surface area contributed by atoms with Crippen molar-refractivity contribution in [3.05, 3.63) is 0 Å². The van der Waals surface area contributed by atoms with E-state index in [1.807, 2.05) is 0 Å². The summed E-state index contributed by atoms with van der Waals surface area (Å²) in [6, 6.07) is 0. The molecule has 2 saturated carbocycles. The molecule has 6 heteroatoms. The lowest BCUT2D eigenvalue weighted by molar-refractivity contribution is -0.139. The largest absolute Gasteiger partial charge is 0.481 e. The van der Waals surface area contributed by atoms with Gasteiger partial charge in [-0.25, -0.2) is 13.1 Å². The first kappa shape index (κ1) is 10.9. The molecule has 0 atom stereocenters. The Bertz CT molecular complexity index is 368. The van der Waals surface area contributed by atoms with Gasteiger partial charge in [0.2, 0.25) is 10.0 Å². The number of rotatable bonds is 5. The van der Waals surface area contributed by atoms with Crippen molar-refractivity contribution < 1.29 is 18.3 Å². The van der Waals surface area contributed by atoms with Gasteiger partial charge in [-0.15, -0.1) is 0 Å². The van der Waals surface area contributed by atoms with Crippen molar-refractivity contribution in [1.82, 2.24) is 4.72 Å². The summed E-state index contributed by atoms with van der Waals surface area (Å²) in [4.78, 5) is 10.6. The van der Waals surface area contributed by atoms with Crippen LogP contribution in [-0.2, 0) is 14.8 Å². The summed E-state index contributed by atoms with van der Waals surface area (Å²) in [6.07, 6.45) is 3.51. The molecule has 2 rings (SSSR count). The maximum Gasteiger partial charge on any atom is 0.305 e. The number of aliphatic carboxylic acids is 1. The van der Waals surface area contributed by atoms with Crippen molar-refractivity contribution >= 4 is 16.0 Å². The van der Waals surface area contributed by atoms with Crippen LogP contribution in [0.2, 0.25) is 0 Å². The van der Waals surface area contributed by atoms with Gasteiger partial charge in [-0.2, -0.15) is 0 Å². The molecule has 0 aromatic carbocycles. The number of nitrogens with one attached hydrogen (secondary N) is 1. The van der Waals surface area contributed by atoms with Gasteiger partial charge in [0.25, 0.3) is 0 Å². The Morgan fingerprint density at radius 1 is 1.40 bits per heavy atom. The van der Waals surface area contributed by atoms with Gasteiger partial charge in [0.05, 0.1) is 11.7 Å². The Balaban J connectivity index is 2.04. The Kier molecular flexibility index (Phi) is 2.50. The predicted octanol–water partition coefficient (Wildman–Crippen LogP) is 0.466. The van der Waals surface area contributed by atoms with Crippen molar-refractivity contribution in [2.75, 3.05) is 0 Å². The van der Waals surface area contributed by atoms with Crippen molar-refractivity contribution in [2.45, 2.75) is 49.3 Å². The number of sulfonamides is 1. The molecule has 0 spiro atoms. The highest BCUT2D eigenvalue weighted by molar-refractivity contribution is 7.90. The molecule has 0 radical (unpaired) electrons. The second kappa shape index (κ2) is 3.45. The third-order valence-electron chi connectivity index (χ3n) is 3.12. The summed E-state index contributed by atoms with van der Waals surface area (Å²) < 4.78 is 25.9. The van der Waals surface area contributed by atoms with Gasteiger partial charge in [0.1, 0.15) is 0 Å². The lowest BCUT2D eigenvalue weighted by Crippen LogP contribution is -2.55. The number of hydrogen-bond donors (Lipinski definition) is 2. The molecule has 2 aliphatic rings. The molecule has 0 unspecified atom stereocenters. The minimum absolute atomic E-state index is 0.0983. The minimum atomic E-state index is -3.26. The third-order valence-corrected chi connectivity index (χ3v) is 5.19. The molecule has 2 aliphatic carbocycles. The van der Waals surface area contributed by atoms with E-state index < -0.39 is 21.5 Å². The zero-order valence-electron chi connectivity index (χ0n) is 8.40. The van der Waals surface area contributed by atoms with E-state index in [-0.39, 0.29) is 11.7 Å². The van der Waals surface area contributed by atoms with Crippen LogP contribution in [0.4, 0.5) is 0 Å². The monoisotopic (exact) mass is 233 g/mol. The quantitative estimate of drug-likeness (QED) is 0.722. The normalized spacial score (nSPS) is 24.5. The van der Waals surface area contributed by atoms with Crippen LogP contribution >= 0.6 is 0 Å².